The number of halogens is 2. The number of aromatic nitrogens is 1. The molecule has 0 aliphatic rings. The van der Waals surface area contributed by atoms with E-state index in [-0.39, 0.29) is 5.75 Å². The number of hydrogen-bond donors (Lipinski definition) is 0. The number of nitrogens with zero attached hydrogens (tertiary/aromatic N) is 3. The van der Waals surface area contributed by atoms with Gasteiger partial charge in [0.1, 0.15) is 5.75 Å². The Balaban J connectivity index is 1.36. The first-order chi connectivity index (χ1) is 17.8. The molecular weight excluding hydrogens is 487 g/mol. The fourth-order valence-corrected chi connectivity index (χ4v) is 4.56. The van der Waals surface area contributed by atoms with Gasteiger partial charge >= 0.3 is 5.85 Å². The molecule has 5 rings (SSSR count). The van der Waals surface area contributed by atoms with Gasteiger partial charge in [-0.2, -0.15) is 19.0 Å². The molecular formula is C30H26F2N3OP. The van der Waals surface area contributed by atoms with Crippen LogP contribution in [0.2, 0.25) is 0 Å². The van der Waals surface area contributed by atoms with Gasteiger partial charge in [-0.25, -0.2) is 0 Å². The molecule has 1 aromatic heterocycles. The second-order valence-corrected chi connectivity index (χ2v) is 9.68. The Hall–Kier alpha value is -3.89. The lowest BCUT2D eigenvalue weighted by atomic mass is 10.0. The van der Waals surface area contributed by atoms with Crippen molar-refractivity contribution >= 4 is 42.8 Å². The maximum Gasteiger partial charge on any atom is 0.408 e. The van der Waals surface area contributed by atoms with Crippen molar-refractivity contribution in [3.8, 4) is 11.4 Å². The SMILES string of the molecule is C/C(Cc1ccccc1C)=N\N=C\c1ccc2c(ccc3c2ccn3-c2ccc(OC(F)(F)P)cc2)c1. The van der Waals surface area contributed by atoms with Crippen LogP contribution in [-0.2, 0) is 6.42 Å². The Morgan fingerprint density at radius 2 is 1.76 bits per heavy atom. The summed E-state index contributed by atoms with van der Waals surface area (Å²) in [5.74, 6) is -3.19. The van der Waals surface area contributed by atoms with Crippen LogP contribution in [-0.4, -0.2) is 22.3 Å². The van der Waals surface area contributed by atoms with Crippen LogP contribution in [0, 0.1) is 6.92 Å². The highest BCUT2D eigenvalue weighted by molar-refractivity contribution is 7.17. The van der Waals surface area contributed by atoms with Crippen LogP contribution < -0.4 is 4.74 Å². The molecule has 1 atom stereocenters. The molecule has 0 aliphatic heterocycles. The molecule has 0 aliphatic carbocycles. The molecule has 0 N–H and O–H groups in total. The van der Waals surface area contributed by atoms with Crippen LogP contribution in [0.25, 0.3) is 27.4 Å². The maximum absolute atomic E-state index is 13.1. The van der Waals surface area contributed by atoms with E-state index in [1.807, 2.05) is 35.9 Å². The maximum atomic E-state index is 13.1. The van der Waals surface area contributed by atoms with Gasteiger partial charge in [0.05, 0.1) is 11.7 Å². The third-order valence-corrected chi connectivity index (χ3v) is 6.34. The minimum atomic E-state index is -3.30. The molecule has 1 heterocycles. The zero-order chi connectivity index (χ0) is 26.0. The van der Waals surface area contributed by atoms with Gasteiger partial charge in [0.15, 0.2) is 0 Å². The molecule has 0 saturated carbocycles. The second kappa shape index (κ2) is 10.2. The first-order valence-electron chi connectivity index (χ1n) is 11.9. The van der Waals surface area contributed by atoms with Crippen molar-refractivity contribution in [2.24, 2.45) is 10.2 Å². The van der Waals surface area contributed by atoms with Crippen molar-refractivity contribution in [3.63, 3.8) is 0 Å². The van der Waals surface area contributed by atoms with Crippen molar-refractivity contribution in [1.29, 1.82) is 0 Å². The van der Waals surface area contributed by atoms with Crippen LogP contribution >= 0.6 is 9.24 Å². The van der Waals surface area contributed by atoms with Gasteiger partial charge in [0, 0.05) is 29.4 Å². The molecule has 4 aromatic carbocycles. The number of hydrogen-bond acceptors (Lipinski definition) is 3. The van der Waals surface area contributed by atoms with E-state index in [1.54, 1.807) is 18.3 Å². The van der Waals surface area contributed by atoms with Gasteiger partial charge in [-0.15, -0.1) is 0 Å². The standard InChI is InChI=1S/C30H26F2N3OP/c1-20-5-3-4-6-23(20)17-21(2)34-33-19-22-7-13-27-24(18-22)8-14-29-28(27)15-16-35(29)25-9-11-26(12-10-25)36-30(31,32)37/h3-16,18-19H,17,37H2,1-2H3/b33-19+,34-21+. The van der Waals surface area contributed by atoms with Crippen molar-refractivity contribution in [2.45, 2.75) is 26.1 Å². The zero-order valence-electron chi connectivity index (χ0n) is 20.5. The highest BCUT2D eigenvalue weighted by Gasteiger charge is 2.23. The van der Waals surface area contributed by atoms with Gasteiger partial charge in [0.25, 0.3) is 0 Å². The number of rotatable bonds is 7. The number of ether oxygens (including phenoxy) is 1. The Labute approximate surface area is 216 Å². The molecule has 0 amide bonds. The van der Waals surface area contributed by atoms with E-state index in [4.69, 9.17) is 0 Å². The van der Waals surface area contributed by atoms with Gasteiger partial charge in [-0.3, -0.25) is 0 Å². The summed E-state index contributed by atoms with van der Waals surface area (Å²) >= 11 is 0. The summed E-state index contributed by atoms with van der Waals surface area (Å²) in [5, 5.41) is 12.0. The fraction of sp³-hybridized carbons (Fsp3) is 0.133. The minimum Gasteiger partial charge on any atom is -0.430 e. The first-order valence-corrected chi connectivity index (χ1v) is 12.5. The molecule has 7 heteroatoms. The summed E-state index contributed by atoms with van der Waals surface area (Å²) in [6.07, 6.45) is 4.53. The summed E-state index contributed by atoms with van der Waals surface area (Å²) < 4.78 is 32.8. The molecule has 0 radical (unpaired) electrons. The lowest BCUT2D eigenvalue weighted by Crippen LogP contribution is -2.14. The lowest BCUT2D eigenvalue weighted by Gasteiger charge is -2.13. The molecule has 0 fully saturated rings. The largest absolute Gasteiger partial charge is 0.430 e. The summed E-state index contributed by atoms with van der Waals surface area (Å²) in [7, 11) is 1.38. The number of fused-ring (bicyclic) bond motifs is 3. The Morgan fingerprint density at radius 1 is 0.973 bits per heavy atom. The van der Waals surface area contributed by atoms with Crippen molar-refractivity contribution in [3.05, 3.63) is 108 Å². The van der Waals surface area contributed by atoms with E-state index >= 15 is 0 Å². The third kappa shape index (κ3) is 5.76. The normalized spacial score (nSPS) is 12.6. The Kier molecular flexibility index (Phi) is 6.86. The van der Waals surface area contributed by atoms with E-state index in [9.17, 15) is 8.78 Å². The van der Waals surface area contributed by atoms with Crippen LogP contribution in [0.3, 0.4) is 0 Å². The zero-order valence-corrected chi connectivity index (χ0v) is 21.7. The van der Waals surface area contributed by atoms with Crippen LogP contribution in [0.15, 0.2) is 101 Å². The molecule has 0 bridgehead atoms. The number of benzene rings is 4. The Bertz CT molecular complexity index is 1630. The molecule has 0 saturated heterocycles. The van der Waals surface area contributed by atoms with Crippen molar-refractivity contribution < 1.29 is 13.5 Å². The monoisotopic (exact) mass is 513 g/mol. The topological polar surface area (TPSA) is 38.9 Å². The molecule has 4 nitrogen and oxygen atoms in total. The van der Waals surface area contributed by atoms with E-state index in [2.05, 4.69) is 64.3 Å². The smallest absolute Gasteiger partial charge is 0.408 e. The van der Waals surface area contributed by atoms with Gasteiger partial charge < -0.3 is 9.30 Å². The number of alkyl halides is 2. The molecule has 5 aromatic rings. The van der Waals surface area contributed by atoms with Crippen LogP contribution in [0.1, 0.15) is 23.6 Å². The average Bonchev–Trinajstić information content (AvgIpc) is 3.29. The minimum absolute atomic E-state index is 0.106. The molecule has 186 valence electrons. The predicted octanol–water partition coefficient (Wildman–Crippen LogP) is 7.93. The molecule has 37 heavy (non-hydrogen) atoms. The molecule has 0 spiro atoms. The highest BCUT2D eigenvalue weighted by atomic mass is 31.0. The van der Waals surface area contributed by atoms with E-state index in [0.717, 1.165) is 45.1 Å². The van der Waals surface area contributed by atoms with Gasteiger partial charge in [-0.1, -0.05) is 42.5 Å². The Morgan fingerprint density at radius 3 is 2.51 bits per heavy atom. The quantitative estimate of drug-likeness (QED) is 0.124. The van der Waals surface area contributed by atoms with E-state index in [0.29, 0.717) is 0 Å². The average molecular weight is 514 g/mol. The molecule has 1 unspecified atom stereocenters. The highest BCUT2D eigenvalue weighted by Crippen LogP contribution is 2.31. The van der Waals surface area contributed by atoms with Crippen LogP contribution in [0.5, 0.6) is 5.75 Å². The third-order valence-electron chi connectivity index (χ3n) is 6.22. The van der Waals surface area contributed by atoms with Crippen molar-refractivity contribution in [1.82, 2.24) is 4.57 Å². The van der Waals surface area contributed by atoms with Crippen LogP contribution in [0.4, 0.5) is 8.78 Å². The predicted molar refractivity (Wildman–Crippen MR) is 152 cm³/mol. The second-order valence-electron chi connectivity index (χ2n) is 9.01. The first kappa shape index (κ1) is 24.8. The van der Waals surface area contributed by atoms with E-state index < -0.39 is 5.85 Å². The van der Waals surface area contributed by atoms with Gasteiger partial charge in [-0.05, 0) is 93.0 Å². The summed E-state index contributed by atoms with van der Waals surface area (Å²) in [5.41, 5.74) is 6.32. The van der Waals surface area contributed by atoms with E-state index in [1.165, 1.54) is 32.5 Å². The lowest BCUT2D eigenvalue weighted by molar-refractivity contribution is -0.0892. The summed E-state index contributed by atoms with van der Waals surface area (Å²) in [6, 6.07) is 27.3. The van der Waals surface area contributed by atoms with Gasteiger partial charge in [0.2, 0.25) is 0 Å². The fourth-order valence-electron chi connectivity index (χ4n) is 4.43. The summed E-state index contributed by atoms with van der Waals surface area (Å²) in [6.45, 7) is 4.09. The van der Waals surface area contributed by atoms with Crippen molar-refractivity contribution in [2.75, 3.05) is 0 Å². The number of aryl methyl sites for hydroxylation is 1. The summed E-state index contributed by atoms with van der Waals surface area (Å²) in [4.78, 5) is 0.